The number of nitriles is 1. The molecule has 2 aromatic carbocycles. The summed E-state index contributed by atoms with van der Waals surface area (Å²) in [5.74, 6) is -2.88. The fraction of sp³-hybridized carbons (Fsp3) is 0.320. The SMILES string of the molecule is CN1CCC(N=C2NC(=O)/C(=C/c3ccc(Oc4ccc(C#N)cc4C(F)(F)F)c(OC(F)(F)F)c3)S2)CC1. The number of thioether (sulfide) groups is 1. The van der Waals surface area contributed by atoms with Gasteiger partial charge in [-0.3, -0.25) is 9.79 Å². The molecule has 206 valence electrons. The van der Waals surface area contributed by atoms with Crippen molar-refractivity contribution in [1.82, 2.24) is 10.2 Å². The van der Waals surface area contributed by atoms with Crippen LogP contribution in [-0.2, 0) is 11.0 Å². The summed E-state index contributed by atoms with van der Waals surface area (Å²) in [5, 5.41) is 11.9. The van der Waals surface area contributed by atoms with E-state index in [0.29, 0.717) is 11.2 Å². The summed E-state index contributed by atoms with van der Waals surface area (Å²) in [7, 11) is 2.00. The van der Waals surface area contributed by atoms with Gasteiger partial charge in [0.05, 0.1) is 28.1 Å². The number of halogens is 6. The van der Waals surface area contributed by atoms with Crippen LogP contribution in [0.15, 0.2) is 46.3 Å². The third-order valence-electron chi connectivity index (χ3n) is 5.76. The van der Waals surface area contributed by atoms with Gasteiger partial charge in [0.2, 0.25) is 0 Å². The minimum Gasteiger partial charge on any atom is -0.453 e. The molecule has 2 fully saturated rings. The van der Waals surface area contributed by atoms with Crippen LogP contribution in [0, 0.1) is 11.3 Å². The molecule has 1 N–H and O–H groups in total. The minimum absolute atomic E-state index is 0.0374. The number of piperidine rings is 1. The quantitative estimate of drug-likeness (QED) is 0.355. The lowest BCUT2D eigenvalue weighted by Crippen LogP contribution is -2.33. The molecule has 2 saturated heterocycles. The standard InChI is InChI=1S/C25H20F6N4O3S/c1-35-8-6-16(7-9-35)33-23-34-22(36)21(39-23)12-14-2-5-19(20(11-14)38-25(29,30)31)37-18-4-3-15(13-32)10-17(18)24(26,27)28/h2-5,10-12,16H,6-9H2,1H3,(H,33,34,36)/b21-12-. The van der Waals surface area contributed by atoms with Gasteiger partial charge >= 0.3 is 12.5 Å². The van der Waals surface area contributed by atoms with E-state index < -0.39 is 41.3 Å². The van der Waals surface area contributed by atoms with Crippen molar-refractivity contribution in [3.63, 3.8) is 0 Å². The summed E-state index contributed by atoms with van der Waals surface area (Å²) in [6.07, 6.45) is -7.17. The van der Waals surface area contributed by atoms with E-state index in [1.165, 1.54) is 12.1 Å². The normalized spacial score (nSPS) is 19.3. The number of benzene rings is 2. The van der Waals surface area contributed by atoms with E-state index >= 15 is 0 Å². The van der Waals surface area contributed by atoms with Crippen molar-refractivity contribution in [3.05, 3.63) is 58.0 Å². The number of amides is 1. The zero-order chi connectivity index (χ0) is 28.4. The predicted octanol–water partition coefficient (Wildman–Crippen LogP) is 5.92. The predicted molar refractivity (Wildman–Crippen MR) is 131 cm³/mol. The lowest BCUT2D eigenvalue weighted by atomic mass is 10.1. The van der Waals surface area contributed by atoms with Crippen LogP contribution in [-0.4, -0.2) is 48.5 Å². The van der Waals surface area contributed by atoms with Gasteiger partial charge in [-0.2, -0.15) is 18.4 Å². The molecule has 7 nitrogen and oxygen atoms in total. The molecule has 0 aromatic heterocycles. The Morgan fingerprint density at radius 2 is 1.77 bits per heavy atom. The molecular formula is C25H20F6N4O3S. The van der Waals surface area contributed by atoms with Gasteiger partial charge in [-0.15, -0.1) is 13.2 Å². The zero-order valence-electron chi connectivity index (χ0n) is 20.2. The van der Waals surface area contributed by atoms with Crippen LogP contribution in [0.4, 0.5) is 26.3 Å². The van der Waals surface area contributed by atoms with Gasteiger partial charge in [0.1, 0.15) is 5.75 Å². The monoisotopic (exact) mass is 570 g/mol. The molecule has 0 spiro atoms. The summed E-state index contributed by atoms with van der Waals surface area (Å²) < 4.78 is 89.1. The molecule has 0 atom stereocenters. The van der Waals surface area contributed by atoms with E-state index in [9.17, 15) is 31.1 Å². The van der Waals surface area contributed by atoms with Gasteiger partial charge in [-0.1, -0.05) is 6.07 Å². The second kappa shape index (κ2) is 11.2. The molecule has 2 aliphatic rings. The molecule has 2 heterocycles. The Balaban J connectivity index is 1.62. The van der Waals surface area contributed by atoms with Crippen LogP contribution in [0.25, 0.3) is 6.08 Å². The summed E-state index contributed by atoms with van der Waals surface area (Å²) in [4.78, 5) is 19.3. The number of rotatable bonds is 5. The first-order valence-electron chi connectivity index (χ1n) is 11.5. The van der Waals surface area contributed by atoms with Gasteiger partial charge in [0.15, 0.2) is 16.7 Å². The number of aliphatic imine (C=N–C) groups is 1. The van der Waals surface area contributed by atoms with E-state index in [1.807, 2.05) is 7.05 Å². The molecule has 2 aliphatic heterocycles. The molecule has 0 saturated carbocycles. The summed E-state index contributed by atoms with van der Waals surface area (Å²) in [6, 6.07) is 7.16. The van der Waals surface area contributed by atoms with Crippen LogP contribution < -0.4 is 14.8 Å². The van der Waals surface area contributed by atoms with E-state index in [1.54, 1.807) is 6.07 Å². The topological polar surface area (TPSA) is 87.0 Å². The van der Waals surface area contributed by atoms with Crippen LogP contribution in [0.3, 0.4) is 0 Å². The van der Waals surface area contributed by atoms with Crippen LogP contribution in [0.5, 0.6) is 17.2 Å². The number of carbonyl (C=O) groups excluding carboxylic acids is 1. The molecule has 0 bridgehead atoms. The van der Waals surface area contributed by atoms with Crippen molar-refractivity contribution >= 4 is 28.9 Å². The Hall–Kier alpha value is -3.70. The zero-order valence-corrected chi connectivity index (χ0v) is 21.0. The Morgan fingerprint density at radius 1 is 1.08 bits per heavy atom. The number of carbonyl (C=O) groups is 1. The molecule has 14 heteroatoms. The molecule has 1 amide bonds. The number of hydrogen-bond donors (Lipinski definition) is 1. The second-order valence-electron chi connectivity index (χ2n) is 8.71. The van der Waals surface area contributed by atoms with E-state index in [2.05, 4.69) is 19.9 Å². The first-order chi connectivity index (χ1) is 18.3. The largest absolute Gasteiger partial charge is 0.573 e. The first-order valence-corrected chi connectivity index (χ1v) is 12.3. The van der Waals surface area contributed by atoms with Crippen molar-refractivity contribution < 1.29 is 40.6 Å². The molecule has 2 aromatic rings. The fourth-order valence-electron chi connectivity index (χ4n) is 3.86. The fourth-order valence-corrected chi connectivity index (χ4v) is 4.75. The van der Waals surface area contributed by atoms with Gasteiger partial charge in [0.25, 0.3) is 5.91 Å². The lowest BCUT2D eigenvalue weighted by Gasteiger charge is -2.26. The second-order valence-corrected chi connectivity index (χ2v) is 9.74. The maximum absolute atomic E-state index is 13.5. The van der Waals surface area contributed by atoms with Crippen molar-refractivity contribution in [2.75, 3.05) is 20.1 Å². The molecule has 0 radical (unpaired) electrons. The molecule has 0 unspecified atom stereocenters. The molecule has 0 aliphatic carbocycles. The molecular weight excluding hydrogens is 550 g/mol. The average Bonchev–Trinajstić information content (AvgIpc) is 3.19. The smallest absolute Gasteiger partial charge is 0.453 e. The van der Waals surface area contributed by atoms with Crippen molar-refractivity contribution in [2.24, 2.45) is 4.99 Å². The summed E-state index contributed by atoms with van der Waals surface area (Å²) in [5.41, 5.74) is -1.55. The highest BCUT2D eigenvalue weighted by Crippen LogP contribution is 2.42. The van der Waals surface area contributed by atoms with Gasteiger partial charge < -0.3 is 19.7 Å². The number of likely N-dealkylation sites (tertiary alicyclic amines) is 1. The highest BCUT2D eigenvalue weighted by Gasteiger charge is 2.36. The highest BCUT2D eigenvalue weighted by molar-refractivity contribution is 8.18. The summed E-state index contributed by atoms with van der Waals surface area (Å²) in [6.45, 7) is 1.73. The maximum atomic E-state index is 13.5. The van der Waals surface area contributed by atoms with E-state index in [4.69, 9.17) is 10.00 Å². The Labute approximate surface area is 223 Å². The number of nitrogens with one attached hydrogen (secondary N) is 1. The van der Waals surface area contributed by atoms with Crippen LogP contribution in [0.2, 0.25) is 0 Å². The number of nitrogens with zero attached hydrogens (tertiary/aromatic N) is 3. The minimum atomic E-state index is -5.19. The van der Waals surface area contributed by atoms with E-state index in [0.717, 1.165) is 62.0 Å². The van der Waals surface area contributed by atoms with Gasteiger partial charge in [0, 0.05) is 0 Å². The highest BCUT2D eigenvalue weighted by atomic mass is 32.2. The number of alkyl halides is 6. The average molecular weight is 571 g/mol. The summed E-state index contributed by atoms with van der Waals surface area (Å²) >= 11 is 1.03. The Bertz CT molecular complexity index is 1360. The van der Waals surface area contributed by atoms with Crippen molar-refractivity contribution in [2.45, 2.75) is 31.4 Å². The number of amidine groups is 1. The van der Waals surface area contributed by atoms with Crippen molar-refractivity contribution in [3.8, 4) is 23.3 Å². The van der Waals surface area contributed by atoms with Crippen LogP contribution >= 0.6 is 11.8 Å². The molecule has 4 rings (SSSR count). The van der Waals surface area contributed by atoms with E-state index in [-0.39, 0.29) is 22.1 Å². The maximum Gasteiger partial charge on any atom is 0.573 e. The number of hydrogen-bond acceptors (Lipinski definition) is 7. The van der Waals surface area contributed by atoms with Crippen LogP contribution in [0.1, 0.15) is 29.5 Å². The molecule has 39 heavy (non-hydrogen) atoms. The third-order valence-corrected chi connectivity index (χ3v) is 6.69. The van der Waals surface area contributed by atoms with Crippen molar-refractivity contribution in [1.29, 1.82) is 5.26 Å². The Kier molecular flexibility index (Phi) is 8.12. The van der Waals surface area contributed by atoms with Gasteiger partial charge in [-0.25, -0.2) is 0 Å². The number of ether oxygens (including phenoxy) is 2. The first kappa shape index (κ1) is 28.3. The lowest BCUT2D eigenvalue weighted by molar-refractivity contribution is -0.275. The third kappa shape index (κ3) is 7.45. The van der Waals surface area contributed by atoms with Gasteiger partial charge in [-0.05, 0) is 86.7 Å². The Morgan fingerprint density at radius 3 is 2.41 bits per heavy atom.